The van der Waals surface area contributed by atoms with Crippen LogP contribution in [0.25, 0.3) is 11.3 Å². The SMILES string of the molecule is CC(C)c1ccc(-c2csc(NC(=O)c3c(Cl)cccc3Cl)n2)cc1. The first kappa shape index (κ1) is 17.9. The molecule has 0 radical (unpaired) electrons. The molecule has 0 saturated carbocycles. The lowest BCUT2D eigenvalue weighted by molar-refractivity contribution is 0.102. The normalized spacial score (nSPS) is 10.9. The summed E-state index contributed by atoms with van der Waals surface area (Å²) in [4.78, 5) is 16.9. The summed E-state index contributed by atoms with van der Waals surface area (Å²) in [6, 6.07) is 13.2. The highest BCUT2D eigenvalue weighted by atomic mass is 35.5. The van der Waals surface area contributed by atoms with Gasteiger partial charge in [-0.2, -0.15) is 0 Å². The Morgan fingerprint density at radius 2 is 1.72 bits per heavy atom. The molecule has 1 N–H and O–H groups in total. The van der Waals surface area contributed by atoms with Gasteiger partial charge in [0, 0.05) is 10.9 Å². The van der Waals surface area contributed by atoms with Crippen LogP contribution in [-0.2, 0) is 0 Å². The first-order valence-corrected chi connectivity index (χ1v) is 9.40. The van der Waals surface area contributed by atoms with Crippen molar-refractivity contribution in [1.82, 2.24) is 4.98 Å². The summed E-state index contributed by atoms with van der Waals surface area (Å²) in [6.45, 7) is 4.32. The van der Waals surface area contributed by atoms with Gasteiger partial charge in [0.2, 0.25) is 0 Å². The van der Waals surface area contributed by atoms with E-state index in [1.54, 1.807) is 18.2 Å². The fourth-order valence-electron chi connectivity index (χ4n) is 2.38. The third-order valence-corrected chi connectivity index (χ3v) is 5.18. The van der Waals surface area contributed by atoms with Crippen LogP contribution in [0.1, 0.15) is 35.7 Å². The first-order chi connectivity index (χ1) is 12.0. The van der Waals surface area contributed by atoms with Gasteiger partial charge in [-0.1, -0.05) is 67.4 Å². The van der Waals surface area contributed by atoms with Crippen LogP contribution in [0, 0.1) is 0 Å². The average molecular weight is 391 g/mol. The molecule has 1 aromatic heterocycles. The minimum atomic E-state index is -0.369. The average Bonchev–Trinajstić information content (AvgIpc) is 3.03. The van der Waals surface area contributed by atoms with E-state index >= 15 is 0 Å². The molecule has 128 valence electrons. The Bertz CT molecular complexity index is 884. The summed E-state index contributed by atoms with van der Waals surface area (Å²) in [5, 5.41) is 5.80. The molecule has 3 rings (SSSR count). The minimum absolute atomic E-state index is 0.254. The van der Waals surface area contributed by atoms with Gasteiger partial charge in [0.15, 0.2) is 5.13 Å². The Labute approximate surface area is 160 Å². The molecule has 6 heteroatoms. The van der Waals surface area contributed by atoms with Gasteiger partial charge in [0.1, 0.15) is 0 Å². The third-order valence-electron chi connectivity index (χ3n) is 3.79. The zero-order valence-electron chi connectivity index (χ0n) is 13.7. The molecule has 0 aliphatic carbocycles. The van der Waals surface area contributed by atoms with Crippen molar-refractivity contribution in [2.24, 2.45) is 0 Å². The highest BCUT2D eigenvalue weighted by Crippen LogP contribution is 2.29. The maximum atomic E-state index is 12.4. The van der Waals surface area contributed by atoms with Gasteiger partial charge < -0.3 is 0 Å². The van der Waals surface area contributed by atoms with Crippen molar-refractivity contribution >= 4 is 45.6 Å². The smallest absolute Gasteiger partial charge is 0.260 e. The molecular weight excluding hydrogens is 375 g/mol. The van der Waals surface area contributed by atoms with Crippen LogP contribution >= 0.6 is 34.5 Å². The van der Waals surface area contributed by atoms with Gasteiger partial charge in [0.25, 0.3) is 5.91 Å². The molecule has 1 amide bonds. The van der Waals surface area contributed by atoms with Crippen LogP contribution in [0.5, 0.6) is 0 Å². The molecule has 0 unspecified atom stereocenters. The number of nitrogens with one attached hydrogen (secondary N) is 1. The highest BCUT2D eigenvalue weighted by Gasteiger charge is 2.16. The summed E-state index contributed by atoms with van der Waals surface area (Å²) >= 11 is 13.5. The van der Waals surface area contributed by atoms with E-state index in [1.165, 1.54) is 16.9 Å². The van der Waals surface area contributed by atoms with Crippen LogP contribution in [-0.4, -0.2) is 10.9 Å². The van der Waals surface area contributed by atoms with Crippen LogP contribution in [0.4, 0.5) is 5.13 Å². The molecule has 0 aliphatic rings. The van der Waals surface area contributed by atoms with Gasteiger partial charge in [-0.25, -0.2) is 4.98 Å². The summed E-state index contributed by atoms with van der Waals surface area (Å²) in [5.74, 6) is 0.117. The van der Waals surface area contributed by atoms with E-state index in [-0.39, 0.29) is 11.5 Å². The molecule has 0 aliphatic heterocycles. The number of amides is 1. The Kier molecular flexibility index (Phi) is 5.42. The van der Waals surface area contributed by atoms with Crippen molar-refractivity contribution in [2.45, 2.75) is 19.8 Å². The van der Waals surface area contributed by atoms with E-state index in [2.05, 4.69) is 36.3 Å². The van der Waals surface area contributed by atoms with Gasteiger partial charge in [0.05, 0.1) is 21.3 Å². The number of nitrogens with zero attached hydrogens (tertiary/aromatic N) is 1. The quantitative estimate of drug-likeness (QED) is 0.552. The topological polar surface area (TPSA) is 42.0 Å². The molecule has 0 atom stereocenters. The molecule has 0 saturated heterocycles. The van der Waals surface area contributed by atoms with Gasteiger partial charge >= 0.3 is 0 Å². The fourth-order valence-corrected chi connectivity index (χ4v) is 3.66. The molecule has 3 aromatic rings. The molecule has 0 fully saturated rings. The van der Waals surface area contributed by atoms with Crippen LogP contribution in [0.3, 0.4) is 0 Å². The van der Waals surface area contributed by atoms with E-state index in [4.69, 9.17) is 23.2 Å². The van der Waals surface area contributed by atoms with Crippen LogP contribution in [0.2, 0.25) is 10.0 Å². The molecule has 2 aromatic carbocycles. The van der Waals surface area contributed by atoms with E-state index in [9.17, 15) is 4.79 Å². The minimum Gasteiger partial charge on any atom is -0.298 e. The maximum absolute atomic E-state index is 12.4. The molecule has 25 heavy (non-hydrogen) atoms. The standard InChI is InChI=1S/C19H16Cl2N2OS/c1-11(2)12-6-8-13(9-7-12)16-10-25-19(22-16)23-18(24)17-14(20)4-3-5-15(17)21/h3-11H,1-2H3,(H,22,23,24). The number of anilines is 1. The van der Waals surface area contributed by atoms with Gasteiger partial charge in [-0.05, 0) is 23.6 Å². The van der Waals surface area contributed by atoms with Crippen molar-refractivity contribution in [3.8, 4) is 11.3 Å². The van der Waals surface area contributed by atoms with E-state index < -0.39 is 0 Å². The van der Waals surface area contributed by atoms with Crippen LogP contribution in [0.15, 0.2) is 47.8 Å². The molecule has 3 nitrogen and oxygen atoms in total. The Balaban J connectivity index is 1.79. The summed E-state index contributed by atoms with van der Waals surface area (Å²) in [7, 11) is 0. The van der Waals surface area contributed by atoms with Crippen molar-refractivity contribution in [3.05, 3.63) is 69.0 Å². The summed E-state index contributed by atoms with van der Waals surface area (Å²) in [5.41, 5.74) is 3.36. The van der Waals surface area contributed by atoms with Crippen molar-refractivity contribution in [1.29, 1.82) is 0 Å². The second kappa shape index (κ2) is 7.56. The van der Waals surface area contributed by atoms with Crippen molar-refractivity contribution in [2.75, 3.05) is 5.32 Å². The maximum Gasteiger partial charge on any atom is 0.260 e. The number of halogens is 2. The molecule has 0 spiro atoms. The molecular formula is C19H16Cl2N2OS. The Morgan fingerprint density at radius 3 is 2.32 bits per heavy atom. The van der Waals surface area contributed by atoms with E-state index in [0.29, 0.717) is 21.1 Å². The third kappa shape index (κ3) is 4.03. The number of benzene rings is 2. The fraction of sp³-hybridized carbons (Fsp3) is 0.158. The lowest BCUT2D eigenvalue weighted by Crippen LogP contribution is -2.12. The first-order valence-electron chi connectivity index (χ1n) is 7.77. The van der Waals surface area contributed by atoms with Crippen LogP contribution < -0.4 is 5.32 Å². The van der Waals surface area contributed by atoms with E-state index in [1.807, 2.05) is 17.5 Å². The number of rotatable bonds is 4. The monoisotopic (exact) mass is 390 g/mol. The number of hydrogen-bond acceptors (Lipinski definition) is 3. The van der Waals surface area contributed by atoms with Crippen molar-refractivity contribution in [3.63, 3.8) is 0 Å². The molecule has 1 heterocycles. The molecule has 0 bridgehead atoms. The Morgan fingerprint density at radius 1 is 1.08 bits per heavy atom. The zero-order valence-corrected chi connectivity index (χ0v) is 16.0. The lowest BCUT2D eigenvalue weighted by atomic mass is 10.0. The zero-order chi connectivity index (χ0) is 18.0. The lowest BCUT2D eigenvalue weighted by Gasteiger charge is -2.06. The number of thiazole rings is 1. The largest absolute Gasteiger partial charge is 0.298 e. The number of carbonyl (C=O) groups excluding carboxylic acids is 1. The Hall–Kier alpha value is -1.88. The summed E-state index contributed by atoms with van der Waals surface area (Å²) in [6.07, 6.45) is 0. The second-order valence-corrected chi connectivity index (χ2v) is 7.54. The van der Waals surface area contributed by atoms with Crippen molar-refractivity contribution < 1.29 is 4.79 Å². The van der Waals surface area contributed by atoms with Gasteiger partial charge in [-0.3, -0.25) is 10.1 Å². The summed E-state index contributed by atoms with van der Waals surface area (Å²) < 4.78 is 0. The number of hydrogen-bond donors (Lipinski definition) is 1. The van der Waals surface area contributed by atoms with Gasteiger partial charge in [-0.15, -0.1) is 11.3 Å². The predicted octanol–water partition coefficient (Wildman–Crippen LogP) is 6.49. The second-order valence-electron chi connectivity index (χ2n) is 5.87. The number of carbonyl (C=O) groups is 1. The van der Waals surface area contributed by atoms with E-state index in [0.717, 1.165) is 11.3 Å². The number of aromatic nitrogens is 1. The predicted molar refractivity (Wildman–Crippen MR) is 106 cm³/mol. The highest BCUT2D eigenvalue weighted by molar-refractivity contribution is 7.14.